The highest BCUT2D eigenvalue weighted by atomic mass is 16.2. The van der Waals surface area contributed by atoms with Gasteiger partial charge in [0.2, 0.25) is 11.8 Å². The van der Waals surface area contributed by atoms with E-state index < -0.39 is 11.8 Å². The largest absolute Gasteiger partial charge is 0.396 e. The van der Waals surface area contributed by atoms with Crippen molar-refractivity contribution in [2.75, 3.05) is 23.7 Å². The first-order valence-corrected chi connectivity index (χ1v) is 4.94. The molecule has 0 atom stereocenters. The molecule has 6 N–H and O–H groups in total. The van der Waals surface area contributed by atoms with E-state index >= 15 is 0 Å². The van der Waals surface area contributed by atoms with Crippen LogP contribution in [-0.4, -0.2) is 29.9 Å². The van der Waals surface area contributed by atoms with Crippen LogP contribution in [-0.2, 0) is 9.59 Å². The van der Waals surface area contributed by atoms with Crippen molar-refractivity contribution in [2.45, 2.75) is 6.92 Å². The second-order valence-corrected chi connectivity index (χ2v) is 3.71. The van der Waals surface area contributed by atoms with Crippen molar-refractivity contribution in [1.29, 1.82) is 0 Å². The molecular formula is C10H15N5O2. The van der Waals surface area contributed by atoms with Gasteiger partial charge in [-0.1, -0.05) is 0 Å². The molecule has 1 rings (SSSR count). The van der Waals surface area contributed by atoms with Crippen LogP contribution in [0.4, 0.5) is 11.5 Å². The molecule has 7 heteroatoms. The van der Waals surface area contributed by atoms with Crippen LogP contribution >= 0.6 is 0 Å². The Morgan fingerprint density at radius 1 is 1.29 bits per heavy atom. The van der Waals surface area contributed by atoms with Gasteiger partial charge in [-0.15, -0.1) is 0 Å². The van der Waals surface area contributed by atoms with E-state index in [4.69, 9.17) is 17.2 Å². The van der Waals surface area contributed by atoms with E-state index in [1.807, 2.05) is 6.92 Å². The number of nitrogens with zero attached hydrogens (tertiary/aromatic N) is 2. The second-order valence-electron chi connectivity index (χ2n) is 3.71. The Labute approximate surface area is 98.6 Å². The van der Waals surface area contributed by atoms with Gasteiger partial charge < -0.3 is 22.1 Å². The normalized spacial score (nSPS) is 9.94. The highest BCUT2D eigenvalue weighted by Gasteiger charge is 2.15. The summed E-state index contributed by atoms with van der Waals surface area (Å²) < 4.78 is 0. The molecular weight excluding hydrogens is 222 g/mol. The Hall–Kier alpha value is -2.31. The van der Waals surface area contributed by atoms with Gasteiger partial charge in [0, 0.05) is 6.20 Å². The van der Waals surface area contributed by atoms with Crippen molar-refractivity contribution in [3.63, 3.8) is 0 Å². The summed E-state index contributed by atoms with van der Waals surface area (Å²) in [6.45, 7) is 1.51. The second kappa shape index (κ2) is 5.15. The number of primary amides is 2. The summed E-state index contributed by atoms with van der Waals surface area (Å²) in [6.07, 6.45) is 1.58. The molecule has 1 aromatic rings. The topological polar surface area (TPSA) is 128 Å². The number of rotatable bonds is 5. The molecule has 0 aliphatic rings. The van der Waals surface area contributed by atoms with Crippen LogP contribution < -0.4 is 22.1 Å². The average Bonchev–Trinajstić information content (AvgIpc) is 2.14. The smallest absolute Gasteiger partial charge is 0.237 e. The van der Waals surface area contributed by atoms with Gasteiger partial charge in [0.15, 0.2) is 5.82 Å². The molecule has 0 radical (unpaired) electrons. The first-order chi connectivity index (χ1) is 7.90. The summed E-state index contributed by atoms with van der Waals surface area (Å²) in [5.74, 6) is -0.853. The van der Waals surface area contributed by atoms with Gasteiger partial charge in [-0.2, -0.15) is 0 Å². The van der Waals surface area contributed by atoms with Crippen molar-refractivity contribution < 1.29 is 9.59 Å². The molecule has 1 aromatic heterocycles. The molecule has 0 aliphatic carbocycles. The van der Waals surface area contributed by atoms with E-state index in [2.05, 4.69) is 4.98 Å². The summed E-state index contributed by atoms with van der Waals surface area (Å²) in [5.41, 5.74) is 17.2. The van der Waals surface area contributed by atoms with Gasteiger partial charge >= 0.3 is 0 Å². The van der Waals surface area contributed by atoms with Gasteiger partial charge in [0.05, 0.1) is 18.8 Å². The zero-order valence-electron chi connectivity index (χ0n) is 9.51. The number of nitrogen functional groups attached to an aromatic ring is 1. The van der Waals surface area contributed by atoms with E-state index in [0.717, 1.165) is 5.56 Å². The molecule has 0 fully saturated rings. The molecule has 17 heavy (non-hydrogen) atoms. The van der Waals surface area contributed by atoms with Crippen molar-refractivity contribution >= 4 is 23.3 Å². The van der Waals surface area contributed by atoms with Crippen LogP contribution in [0, 0.1) is 6.92 Å². The van der Waals surface area contributed by atoms with Crippen LogP contribution in [0.1, 0.15) is 5.56 Å². The fourth-order valence-electron chi connectivity index (χ4n) is 1.43. The number of amides is 2. The van der Waals surface area contributed by atoms with Crippen LogP contribution in [0.25, 0.3) is 0 Å². The third-order valence-corrected chi connectivity index (χ3v) is 2.02. The van der Waals surface area contributed by atoms with Crippen LogP contribution in [0.5, 0.6) is 0 Å². The maximum absolute atomic E-state index is 10.9. The lowest BCUT2D eigenvalue weighted by atomic mass is 10.2. The molecule has 0 bridgehead atoms. The number of pyridine rings is 1. The predicted octanol–water partition coefficient (Wildman–Crippen LogP) is -1.25. The van der Waals surface area contributed by atoms with Crippen molar-refractivity contribution in [3.05, 3.63) is 17.8 Å². The van der Waals surface area contributed by atoms with E-state index in [1.165, 1.54) is 4.90 Å². The monoisotopic (exact) mass is 237 g/mol. The Morgan fingerprint density at radius 3 is 2.24 bits per heavy atom. The van der Waals surface area contributed by atoms with E-state index in [0.29, 0.717) is 11.5 Å². The number of nitrogens with two attached hydrogens (primary N) is 3. The van der Waals surface area contributed by atoms with Crippen LogP contribution in [0.3, 0.4) is 0 Å². The minimum absolute atomic E-state index is 0.163. The predicted molar refractivity (Wildman–Crippen MR) is 64.0 cm³/mol. The van der Waals surface area contributed by atoms with Crippen molar-refractivity contribution in [2.24, 2.45) is 11.5 Å². The minimum atomic E-state index is -0.590. The lowest BCUT2D eigenvalue weighted by Crippen LogP contribution is -2.40. The summed E-state index contributed by atoms with van der Waals surface area (Å²) >= 11 is 0. The van der Waals surface area contributed by atoms with Gasteiger partial charge in [-0.05, 0) is 18.6 Å². The van der Waals surface area contributed by atoms with Crippen molar-refractivity contribution in [3.8, 4) is 0 Å². The van der Waals surface area contributed by atoms with Gasteiger partial charge in [0.1, 0.15) is 0 Å². The fraction of sp³-hybridized carbons (Fsp3) is 0.300. The number of anilines is 2. The Morgan fingerprint density at radius 2 is 1.82 bits per heavy atom. The lowest BCUT2D eigenvalue weighted by Gasteiger charge is -2.21. The number of hydrogen-bond acceptors (Lipinski definition) is 5. The maximum Gasteiger partial charge on any atom is 0.237 e. The molecule has 0 spiro atoms. The standard InChI is InChI=1S/C10H15N5O2/c1-6-2-7(11)10(14-3-6)15(4-8(12)16)5-9(13)17/h2-3H,4-5,11H2,1H3,(H2,12,16)(H2,13,17). The van der Waals surface area contributed by atoms with Crippen molar-refractivity contribution in [1.82, 2.24) is 4.98 Å². The molecule has 92 valence electrons. The molecule has 0 unspecified atom stereocenters. The van der Waals surface area contributed by atoms with E-state index in [-0.39, 0.29) is 13.1 Å². The average molecular weight is 237 g/mol. The molecule has 0 saturated carbocycles. The van der Waals surface area contributed by atoms with Gasteiger partial charge in [0.25, 0.3) is 0 Å². The Bertz CT molecular complexity index is 430. The molecule has 2 amide bonds. The number of hydrogen-bond donors (Lipinski definition) is 3. The van der Waals surface area contributed by atoms with Gasteiger partial charge in [-0.25, -0.2) is 4.98 Å². The Balaban J connectivity index is 3.02. The lowest BCUT2D eigenvalue weighted by molar-refractivity contribution is -0.117. The summed E-state index contributed by atoms with van der Waals surface area (Å²) in [5, 5.41) is 0. The van der Waals surface area contributed by atoms with E-state index in [9.17, 15) is 9.59 Å². The number of aromatic nitrogens is 1. The third kappa shape index (κ3) is 3.63. The van der Waals surface area contributed by atoms with Gasteiger partial charge in [-0.3, -0.25) is 9.59 Å². The fourth-order valence-corrected chi connectivity index (χ4v) is 1.43. The first kappa shape index (κ1) is 12.8. The van der Waals surface area contributed by atoms with E-state index in [1.54, 1.807) is 12.3 Å². The van der Waals surface area contributed by atoms with Crippen LogP contribution in [0.2, 0.25) is 0 Å². The number of carbonyl (C=O) groups excluding carboxylic acids is 2. The zero-order chi connectivity index (χ0) is 13.0. The van der Waals surface area contributed by atoms with Crippen LogP contribution in [0.15, 0.2) is 12.3 Å². The molecule has 0 aromatic carbocycles. The Kier molecular flexibility index (Phi) is 3.86. The molecule has 0 aliphatic heterocycles. The third-order valence-electron chi connectivity index (χ3n) is 2.02. The first-order valence-electron chi connectivity index (χ1n) is 4.94. The highest BCUT2D eigenvalue weighted by molar-refractivity contribution is 5.86. The summed E-state index contributed by atoms with van der Waals surface area (Å²) in [7, 11) is 0. The number of carbonyl (C=O) groups is 2. The quantitative estimate of drug-likeness (QED) is 0.589. The number of aryl methyl sites for hydroxylation is 1. The maximum atomic E-state index is 10.9. The highest BCUT2D eigenvalue weighted by Crippen LogP contribution is 2.20. The minimum Gasteiger partial charge on any atom is -0.396 e. The molecule has 7 nitrogen and oxygen atoms in total. The molecule has 0 saturated heterocycles. The zero-order valence-corrected chi connectivity index (χ0v) is 9.51. The summed E-state index contributed by atoms with van der Waals surface area (Å²) in [6, 6.07) is 1.69. The summed E-state index contributed by atoms with van der Waals surface area (Å²) in [4.78, 5) is 27.2. The SMILES string of the molecule is Cc1cnc(N(CC(N)=O)CC(N)=O)c(N)c1. The molecule has 1 heterocycles.